The fraction of sp³-hybridized carbons (Fsp3) is 0.882. The predicted octanol–water partition coefficient (Wildman–Crippen LogP) is 2.85. The number of guanidine groups is 1. The van der Waals surface area contributed by atoms with Crippen LogP contribution in [0.1, 0.15) is 55.4 Å². The van der Waals surface area contributed by atoms with Crippen molar-refractivity contribution >= 4 is 35.8 Å². The topological polar surface area (TPSA) is 56.7 Å². The first-order valence-electron chi connectivity index (χ1n) is 8.34. The highest BCUT2D eigenvalue weighted by Crippen LogP contribution is 2.46. The van der Waals surface area contributed by atoms with Gasteiger partial charge in [0, 0.05) is 30.6 Å². The molecule has 5 nitrogen and oxygen atoms in total. The van der Waals surface area contributed by atoms with Crippen molar-refractivity contribution < 1.29 is 4.79 Å². The summed E-state index contributed by atoms with van der Waals surface area (Å²) in [5.41, 5.74) is -0.177. The van der Waals surface area contributed by atoms with E-state index in [9.17, 15) is 4.79 Å². The van der Waals surface area contributed by atoms with Gasteiger partial charge >= 0.3 is 0 Å². The second-order valence-electron chi connectivity index (χ2n) is 7.94. The molecule has 6 heteroatoms. The van der Waals surface area contributed by atoms with Gasteiger partial charge in [0.05, 0.1) is 12.0 Å². The maximum atomic E-state index is 12.1. The van der Waals surface area contributed by atoms with E-state index in [0.29, 0.717) is 13.1 Å². The fourth-order valence-corrected chi connectivity index (χ4v) is 2.54. The van der Waals surface area contributed by atoms with Crippen molar-refractivity contribution in [1.82, 2.24) is 15.5 Å². The average Bonchev–Trinajstić information content (AvgIpc) is 2.41. The van der Waals surface area contributed by atoms with E-state index in [2.05, 4.69) is 50.2 Å². The largest absolute Gasteiger partial charge is 0.356 e. The lowest BCUT2D eigenvalue weighted by molar-refractivity contribution is -0.128. The van der Waals surface area contributed by atoms with Crippen LogP contribution in [0.5, 0.6) is 0 Å². The second kappa shape index (κ2) is 8.03. The number of carbonyl (C=O) groups is 1. The zero-order chi connectivity index (χ0) is 17.2. The molecule has 0 spiro atoms. The number of hydrogen-bond donors (Lipinski definition) is 2. The maximum Gasteiger partial charge on any atom is 0.227 e. The Balaban J connectivity index is 0.00000484. The second-order valence-corrected chi connectivity index (χ2v) is 7.94. The number of halogens is 1. The molecule has 0 aromatic carbocycles. The molecule has 1 rings (SSSR count). The Kier molecular flexibility index (Phi) is 7.85. The minimum atomic E-state index is -0.499. The van der Waals surface area contributed by atoms with Crippen LogP contribution in [0.4, 0.5) is 0 Å². The van der Waals surface area contributed by atoms with E-state index in [1.54, 1.807) is 0 Å². The number of nitrogens with one attached hydrogen (secondary N) is 2. The van der Waals surface area contributed by atoms with Gasteiger partial charge in [-0.25, -0.2) is 0 Å². The van der Waals surface area contributed by atoms with E-state index in [1.165, 1.54) is 0 Å². The van der Waals surface area contributed by atoms with E-state index in [0.717, 1.165) is 19.0 Å². The van der Waals surface area contributed by atoms with Crippen LogP contribution in [0, 0.1) is 10.8 Å². The van der Waals surface area contributed by atoms with Gasteiger partial charge in [-0.3, -0.25) is 9.79 Å². The first-order valence-corrected chi connectivity index (χ1v) is 8.34. The number of nitrogens with zero attached hydrogens (tertiary/aromatic N) is 2. The molecule has 1 heterocycles. The summed E-state index contributed by atoms with van der Waals surface area (Å²) >= 11 is 0. The minimum absolute atomic E-state index is 0. The van der Waals surface area contributed by atoms with Crippen molar-refractivity contribution in [3.8, 4) is 0 Å². The molecule has 0 saturated carbocycles. The summed E-state index contributed by atoms with van der Waals surface area (Å²) in [6.07, 6.45) is 0. The Labute approximate surface area is 159 Å². The van der Waals surface area contributed by atoms with Crippen LogP contribution >= 0.6 is 24.0 Å². The van der Waals surface area contributed by atoms with Gasteiger partial charge in [0.25, 0.3) is 0 Å². The third-order valence-corrected chi connectivity index (χ3v) is 5.05. The minimum Gasteiger partial charge on any atom is -0.356 e. The molecule has 1 aliphatic rings. The van der Waals surface area contributed by atoms with E-state index in [-0.39, 0.29) is 40.8 Å². The lowest BCUT2D eigenvalue weighted by Gasteiger charge is -2.62. The Hall–Kier alpha value is -0.530. The predicted molar refractivity (Wildman–Crippen MR) is 108 cm³/mol. The van der Waals surface area contributed by atoms with Crippen LogP contribution in [-0.4, -0.2) is 48.5 Å². The summed E-state index contributed by atoms with van der Waals surface area (Å²) in [6, 6.07) is 0. The molecule has 0 atom stereocenters. The molecule has 136 valence electrons. The first kappa shape index (κ1) is 22.5. The van der Waals surface area contributed by atoms with Crippen LogP contribution in [0.15, 0.2) is 4.99 Å². The van der Waals surface area contributed by atoms with Crippen molar-refractivity contribution in [2.24, 2.45) is 15.8 Å². The Morgan fingerprint density at radius 2 is 1.65 bits per heavy atom. The number of aliphatic imine (C=N–C) groups is 1. The van der Waals surface area contributed by atoms with Crippen molar-refractivity contribution in [2.75, 3.05) is 26.2 Å². The summed E-state index contributed by atoms with van der Waals surface area (Å²) in [4.78, 5) is 19.2. The molecule has 1 fully saturated rings. The highest BCUT2D eigenvalue weighted by atomic mass is 127. The standard InChI is InChI=1S/C17H34N4O.HI/c1-9-18-13(22)15(3,4)11-20-14(19-10-2)21-12-16(5,6)17(21,7)8;/h9-12H2,1-8H3,(H,18,22)(H,19,20);1H. The van der Waals surface area contributed by atoms with E-state index in [4.69, 9.17) is 4.99 Å². The van der Waals surface area contributed by atoms with Gasteiger partial charge in [-0.1, -0.05) is 13.8 Å². The third kappa shape index (κ3) is 4.73. The quantitative estimate of drug-likeness (QED) is 0.394. The molecule has 0 radical (unpaired) electrons. The zero-order valence-electron chi connectivity index (χ0n) is 16.0. The van der Waals surface area contributed by atoms with Gasteiger partial charge in [0.1, 0.15) is 0 Å². The summed E-state index contributed by atoms with van der Waals surface area (Å²) < 4.78 is 0. The molecule has 0 aromatic rings. The maximum absolute atomic E-state index is 12.1. The normalized spacial score (nSPS) is 19.5. The molecule has 23 heavy (non-hydrogen) atoms. The van der Waals surface area contributed by atoms with Gasteiger partial charge in [-0.15, -0.1) is 24.0 Å². The van der Waals surface area contributed by atoms with Crippen molar-refractivity contribution in [2.45, 2.75) is 60.9 Å². The summed E-state index contributed by atoms with van der Waals surface area (Å²) in [6.45, 7) is 19.9. The number of amides is 1. The molecular weight excluding hydrogens is 403 g/mol. The van der Waals surface area contributed by atoms with Crippen molar-refractivity contribution in [1.29, 1.82) is 0 Å². The summed E-state index contributed by atoms with van der Waals surface area (Å²) in [5, 5.41) is 6.25. The SMILES string of the molecule is CCNC(=O)C(C)(C)CN=C(NCC)N1CC(C)(C)C1(C)C.I. The molecule has 2 N–H and O–H groups in total. The van der Waals surface area contributed by atoms with E-state index in [1.807, 2.05) is 20.8 Å². The Bertz CT molecular complexity index is 444. The average molecular weight is 438 g/mol. The van der Waals surface area contributed by atoms with Gasteiger partial charge in [-0.05, 0) is 41.5 Å². The molecule has 0 unspecified atom stereocenters. The number of likely N-dealkylation sites (tertiary alicyclic amines) is 1. The van der Waals surface area contributed by atoms with E-state index >= 15 is 0 Å². The van der Waals surface area contributed by atoms with Gasteiger partial charge in [0.15, 0.2) is 5.96 Å². The Morgan fingerprint density at radius 3 is 2.04 bits per heavy atom. The zero-order valence-corrected chi connectivity index (χ0v) is 18.4. The highest BCUT2D eigenvalue weighted by molar-refractivity contribution is 14.0. The molecular formula is C17H35IN4O. The van der Waals surface area contributed by atoms with Crippen LogP contribution in [0.3, 0.4) is 0 Å². The highest BCUT2D eigenvalue weighted by Gasteiger charge is 2.53. The summed E-state index contributed by atoms with van der Waals surface area (Å²) in [5.74, 6) is 0.960. The number of rotatable bonds is 5. The van der Waals surface area contributed by atoms with Gasteiger partial charge in [-0.2, -0.15) is 0 Å². The molecule has 0 aromatic heterocycles. The first-order chi connectivity index (χ1) is 9.99. The molecule has 0 bridgehead atoms. The lowest BCUT2D eigenvalue weighted by Crippen LogP contribution is -2.72. The lowest BCUT2D eigenvalue weighted by atomic mass is 9.65. The van der Waals surface area contributed by atoms with Crippen molar-refractivity contribution in [3.63, 3.8) is 0 Å². The molecule has 1 amide bonds. The van der Waals surface area contributed by atoms with Crippen LogP contribution < -0.4 is 10.6 Å². The smallest absolute Gasteiger partial charge is 0.227 e. The van der Waals surface area contributed by atoms with Gasteiger partial charge in [0.2, 0.25) is 5.91 Å². The van der Waals surface area contributed by atoms with Crippen LogP contribution in [0.25, 0.3) is 0 Å². The third-order valence-electron chi connectivity index (χ3n) is 5.05. The number of hydrogen-bond acceptors (Lipinski definition) is 2. The Morgan fingerprint density at radius 1 is 1.13 bits per heavy atom. The molecule has 1 aliphatic heterocycles. The summed E-state index contributed by atoms with van der Waals surface area (Å²) in [7, 11) is 0. The monoisotopic (exact) mass is 438 g/mol. The van der Waals surface area contributed by atoms with Crippen LogP contribution in [0.2, 0.25) is 0 Å². The molecule has 1 saturated heterocycles. The van der Waals surface area contributed by atoms with Crippen LogP contribution in [-0.2, 0) is 4.79 Å². The van der Waals surface area contributed by atoms with Crippen molar-refractivity contribution in [3.05, 3.63) is 0 Å². The fourth-order valence-electron chi connectivity index (χ4n) is 2.54. The molecule has 0 aliphatic carbocycles. The van der Waals surface area contributed by atoms with E-state index < -0.39 is 5.41 Å². The number of carbonyl (C=O) groups excluding carboxylic acids is 1. The van der Waals surface area contributed by atoms with Gasteiger partial charge < -0.3 is 15.5 Å².